The minimum atomic E-state index is -0.438. The van der Waals surface area contributed by atoms with E-state index in [9.17, 15) is 14.9 Å². The summed E-state index contributed by atoms with van der Waals surface area (Å²) in [6.07, 6.45) is 3.60. The van der Waals surface area contributed by atoms with E-state index >= 15 is 0 Å². The average Bonchev–Trinajstić information content (AvgIpc) is 3.49. The van der Waals surface area contributed by atoms with Gasteiger partial charge >= 0.3 is 0 Å². The van der Waals surface area contributed by atoms with Crippen LogP contribution < -0.4 is 4.90 Å². The Kier molecular flexibility index (Phi) is 6.09. The van der Waals surface area contributed by atoms with Crippen molar-refractivity contribution in [1.29, 1.82) is 0 Å². The molecule has 0 unspecified atom stereocenters. The molecule has 4 aromatic rings. The van der Waals surface area contributed by atoms with Crippen molar-refractivity contribution < 1.29 is 14.1 Å². The molecule has 1 aliphatic heterocycles. The highest BCUT2D eigenvalue weighted by Crippen LogP contribution is 2.36. The highest BCUT2D eigenvalue weighted by molar-refractivity contribution is 6.23. The first-order chi connectivity index (χ1) is 17.7. The van der Waals surface area contributed by atoms with E-state index in [0.29, 0.717) is 22.7 Å². The molecule has 0 radical (unpaired) electrons. The van der Waals surface area contributed by atoms with Gasteiger partial charge in [0.05, 0.1) is 10.6 Å². The number of furan rings is 1. The summed E-state index contributed by atoms with van der Waals surface area (Å²) >= 11 is 0. The second-order valence-corrected chi connectivity index (χ2v) is 9.94. The number of hydrogen-bond donors (Lipinski definition) is 0. The Labute approximate surface area is 215 Å². The van der Waals surface area contributed by atoms with Crippen LogP contribution >= 0.6 is 0 Å². The van der Waals surface area contributed by atoms with Crippen molar-refractivity contribution in [2.24, 2.45) is 0 Å². The summed E-state index contributed by atoms with van der Waals surface area (Å²) in [6, 6.07) is 27.7. The van der Waals surface area contributed by atoms with Gasteiger partial charge in [0.15, 0.2) is 0 Å². The number of nitro groups is 1. The molecule has 1 amide bonds. The molecule has 1 aromatic heterocycles. The zero-order valence-electron chi connectivity index (χ0n) is 20.8. The van der Waals surface area contributed by atoms with E-state index in [1.165, 1.54) is 17.7 Å². The average molecular weight is 491 g/mol. The molecule has 3 aromatic carbocycles. The van der Waals surface area contributed by atoms with Crippen molar-refractivity contribution in [1.82, 2.24) is 0 Å². The number of amides is 1. The Bertz CT molecular complexity index is 1520. The molecule has 0 saturated carbocycles. The van der Waals surface area contributed by atoms with Gasteiger partial charge < -0.3 is 4.42 Å². The van der Waals surface area contributed by atoms with Crippen LogP contribution in [-0.4, -0.2) is 10.8 Å². The number of carbonyl (C=O) groups excluding carboxylic acids is 1. The molecular weight excluding hydrogens is 464 g/mol. The van der Waals surface area contributed by atoms with E-state index in [2.05, 4.69) is 32.9 Å². The maximum absolute atomic E-state index is 13.7. The lowest BCUT2D eigenvalue weighted by atomic mass is 9.87. The van der Waals surface area contributed by atoms with Crippen LogP contribution in [0.15, 0.2) is 107 Å². The highest BCUT2D eigenvalue weighted by Gasteiger charge is 2.31. The molecule has 0 bridgehead atoms. The molecule has 2 heterocycles. The molecule has 6 nitrogen and oxygen atoms in total. The summed E-state index contributed by atoms with van der Waals surface area (Å²) in [5, 5.41) is 10.9. The second-order valence-electron chi connectivity index (χ2n) is 9.94. The van der Waals surface area contributed by atoms with Crippen LogP contribution in [0.5, 0.6) is 0 Å². The van der Waals surface area contributed by atoms with Crippen LogP contribution in [0, 0.1) is 10.1 Å². The van der Waals surface area contributed by atoms with Crippen LogP contribution in [0.3, 0.4) is 0 Å². The van der Waals surface area contributed by atoms with Crippen molar-refractivity contribution in [2.45, 2.75) is 26.2 Å². The lowest BCUT2D eigenvalue weighted by Crippen LogP contribution is -2.25. The third kappa shape index (κ3) is 4.86. The van der Waals surface area contributed by atoms with Gasteiger partial charge in [-0.25, -0.2) is 0 Å². The van der Waals surface area contributed by atoms with Gasteiger partial charge in [-0.1, -0.05) is 63.2 Å². The fraction of sp³-hybridized carbons (Fsp3) is 0.129. The highest BCUT2D eigenvalue weighted by atomic mass is 16.6. The number of nitrogens with zero attached hydrogens (tertiary/aromatic N) is 2. The molecule has 184 valence electrons. The van der Waals surface area contributed by atoms with Crippen LogP contribution in [0.4, 0.5) is 11.4 Å². The SMILES string of the molecule is CC(C)(C)c1ccc(N2C(=O)C(=Cc3ccc(-c4ccc([N+](=O)[O-])cc4)o3)C=C2c2ccccc2)cc1. The van der Waals surface area contributed by atoms with Crippen LogP contribution in [0.1, 0.15) is 37.7 Å². The molecule has 0 saturated heterocycles. The van der Waals surface area contributed by atoms with Gasteiger partial charge in [0.25, 0.3) is 11.6 Å². The number of nitro benzene ring substituents is 1. The van der Waals surface area contributed by atoms with Gasteiger partial charge in [-0.2, -0.15) is 0 Å². The Hall–Kier alpha value is -4.71. The first kappa shape index (κ1) is 24.0. The summed E-state index contributed by atoms with van der Waals surface area (Å²) in [5.41, 5.74) is 4.96. The second kappa shape index (κ2) is 9.39. The molecule has 0 atom stereocenters. The van der Waals surface area contributed by atoms with Crippen molar-refractivity contribution >= 4 is 29.1 Å². The summed E-state index contributed by atoms with van der Waals surface area (Å²) in [5.74, 6) is 0.940. The zero-order chi connectivity index (χ0) is 26.2. The van der Waals surface area contributed by atoms with Gasteiger partial charge in [-0.15, -0.1) is 0 Å². The van der Waals surface area contributed by atoms with E-state index in [-0.39, 0.29) is 17.0 Å². The van der Waals surface area contributed by atoms with Crippen molar-refractivity contribution in [3.05, 3.63) is 130 Å². The Balaban J connectivity index is 1.49. The lowest BCUT2D eigenvalue weighted by Gasteiger charge is -2.23. The van der Waals surface area contributed by atoms with Gasteiger partial charge in [0.2, 0.25) is 0 Å². The van der Waals surface area contributed by atoms with Crippen LogP contribution in [0.2, 0.25) is 0 Å². The monoisotopic (exact) mass is 490 g/mol. The molecule has 0 fully saturated rings. The number of non-ortho nitro benzene ring substituents is 1. The molecule has 0 aliphatic carbocycles. The first-order valence-electron chi connectivity index (χ1n) is 12.0. The maximum atomic E-state index is 13.7. The third-order valence-corrected chi connectivity index (χ3v) is 6.33. The predicted molar refractivity (Wildman–Crippen MR) is 146 cm³/mol. The van der Waals surface area contributed by atoms with Crippen molar-refractivity contribution in [3.63, 3.8) is 0 Å². The van der Waals surface area contributed by atoms with Gasteiger partial charge in [0.1, 0.15) is 11.5 Å². The molecule has 0 N–H and O–H groups in total. The molecule has 6 heteroatoms. The number of benzene rings is 3. The van der Waals surface area contributed by atoms with E-state index in [1.807, 2.05) is 48.5 Å². The summed E-state index contributed by atoms with van der Waals surface area (Å²) in [7, 11) is 0. The van der Waals surface area contributed by atoms with Gasteiger partial charge in [-0.05, 0) is 65.1 Å². The molecule has 5 rings (SSSR count). The van der Waals surface area contributed by atoms with Crippen LogP contribution in [0.25, 0.3) is 23.1 Å². The molecule has 37 heavy (non-hydrogen) atoms. The minimum Gasteiger partial charge on any atom is -0.457 e. The lowest BCUT2D eigenvalue weighted by molar-refractivity contribution is -0.384. The quantitative estimate of drug-likeness (QED) is 0.164. The topological polar surface area (TPSA) is 76.6 Å². The molecule has 0 spiro atoms. The number of hydrogen-bond acceptors (Lipinski definition) is 4. The first-order valence-corrected chi connectivity index (χ1v) is 12.0. The molecular formula is C31H26N2O4. The normalized spacial score (nSPS) is 14.8. The largest absolute Gasteiger partial charge is 0.457 e. The Morgan fingerprint density at radius 1 is 0.838 bits per heavy atom. The van der Waals surface area contributed by atoms with E-state index in [1.54, 1.807) is 35.2 Å². The maximum Gasteiger partial charge on any atom is 0.269 e. The standard InChI is InChI=1S/C31H26N2O4/c1-31(2,3)24-11-15-25(16-12-24)32-28(21-7-5-4-6-8-21)20-23(30(32)34)19-27-17-18-29(37-27)22-9-13-26(14-10-22)33(35)36/h4-20H,1-3H3. The summed E-state index contributed by atoms with van der Waals surface area (Å²) < 4.78 is 5.97. The van der Waals surface area contributed by atoms with E-state index in [0.717, 1.165) is 16.9 Å². The fourth-order valence-electron chi connectivity index (χ4n) is 4.29. The van der Waals surface area contributed by atoms with E-state index < -0.39 is 4.92 Å². The van der Waals surface area contributed by atoms with E-state index in [4.69, 9.17) is 4.42 Å². The summed E-state index contributed by atoms with van der Waals surface area (Å²) in [6.45, 7) is 6.48. The fourth-order valence-corrected chi connectivity index (χ4v) is 4.29. The number of carbonyl (C=O) groups is 1. The van der Waals surface area contributed by atoms with Crippen LogP contribution in [-0.2, 0) is 10.2 Å². The van der Waals surface area contributed by atoms with Gasteiger partial charge in [0, 0.05) is 29.0 Å². The third-order valence-electron chi connectivity index (χ3n) is 6.33. The summed E-state index contributed by atoms with van der Waals surface area (Å²) in [4.78, 5) is 25.9. The van der Waals surface area contributed by atoms with Crippen molar-refractivity contribution in [3.8, 4) is 11.3 Å². The zero-order valence-corrected chi connectivity index (χ0v) is 20.8. The number of rotatable bonds is 5. The Morgan fingerprint density at radius 3 is 2.14 bits per heavy atom. The van der Waals surface area contributed by atoms with Gasteiger partial charge in [-0.3, -0.25) is 19.8 Å². The Morgan fingerprint density at radius 2 is 1.51 bits per heavy atom. The smallest absolute Gasteiger partial charge is 0.269 e. The minimum absolute atomic E-state index is 0.0113. The van der Waals surface area contributed by atoms with Crippen molar-refractivity contribution in [2.75, 3.05) is 4.90 Å². The molecule has 1 aliphatic rings. The number of anilines is 1. The predicted octanol–water partition coefficient (Wildman–Crippen LogP) is 7.62.